The zero-order valence-corrected chi connectivity index (χ0v) is 9.39. The molecule has 1 atom stereocenters. The van der Waals surface area contributed by atoms with E-state index < -0.39 is 28.6 Å². The summed E-state index contributed by atoms with van der Waals surface area (Å²) in [6.45, 7) is 0. The van der Waals surface area contributed by atoms with Crippen molar-refractivity contribution in [2.45, 2.75) is 18.9 Å². The lowest BCUT2D eigenvalue weighted by Crippen LogP contribution is -2.32. The number of nitrogens with one attached hydrogen (secondary N) is 1. The molecule has 0 unspecified atom stereocenters. The van der Waals surface area contributed by atoms with Crippen LogP contribution < -0.4 is 5.32 Å². The number of rotatable bonds is 3. The van der Waals surface area contributed by atoms with Crippen molar-refractivity contribution in [2.24, 2.45) is 0 Å². The number of nitro groups is 1. The summed E-state index contributed by atoms with van der Waals surface area (Å²) in [6.07, 6.45) is 0.571. The number of carbonyl (C=O) groups excluding carboxylic acids is 2. The molecule has 8 heteroatoms. The second-order valence-electron chi connectivity index (χ2n) is 3.33. The summed E-state index contributed by atoms with van der Waals surface area (Å²) in [5.41, 5.74) is -0.573. The van der Waals surface area contributed by atoms with Gasteiger partial charge in [-0.05, 0) is 12.8 Å². The van der Waals surface area contributed by atoms with Gasteiger partial charge in [0.15, 0.2) is 0 Å². The minimum Gasteiger partial charge on any atom is -0.467 e. The molecular weight excluding hydrogens is 232 g/mol. The van der Waals surface area contributed by atoms with Gasteiger partial charge in [-0.15, -0.1) is 0 Å². The van der Waals surface area contributed by atoms with E-state index in [1.54, 1.807) is 0 Å². The van der Waals surface area contributed by atoms with Gasteiger partial charge in [0.25, 0.3) is 0 Å². The molecule has 1 rings (SSSR count). The molecule has 0 aromatic rings. The standard InChI is InChI=1S/C9H12N2O6/c1-16-8(12)6-4-3-5(10-6)7(11(14)15)9(13)17-2/h6,10H,3-4H2,1-2H3/b7-5-/t6-/m0/s1. The van der Waals surface area contributed by atoms with E-state index in [0.717, 1.165) is 7.11 Å². The summed E-state index contributed by atoms with van der Waals surface area (Å²) in [5.74, 6) is -1.56. The number of allylic oxidation sites excluding steroid dienone is 1. The lowest BCUT2D eigenvalue weighted by molar-refractivity contribution is -0.422. The normalized spacial score (nSPS) is 21.4. The number of hydrogen-bond acceptors (Lipinski definition) is 7. The second kappa shape index (κ2) is 5.28. The molecule has 0 spiro atoms. The third-order valence-corrected chi connectivity index (χ3v) is 2.36. The second-order valence-corrected chi connectivity index (χ2v) is 3.33. The van der Waals surface area contributed by atoms with Crippen molar-refractivity contribution in [2.75, 3.05) is 14.2 Å². The molecule has 1 N–H and O–H groups in total. The SMILES string of the molecule is COC(=O)/C(=C1\CC[C@@H](C(=O)OC)N1)[N+](=O)[O-]. The highest BCUT2D eigenvalue weighted by Crippen LogP contribution is 2.20. The first-order valence-corrected chi connectivity index (χ1v) is 4.81. The van der Waals surface area contributed by atoms with Crippen LogP contribution in [0, 0.1) is 10.1 Å². The largest absolute Gasteiger partial charge is 0.467 e. The third kappa shape index (κ3) is 2.71. The molecule has 0 amide bonds. The Bertz CT molecular complexity index is 389. The Balaban J connectivity index is 2.94. The number of ether oxygens (including phenoxy) is 2. The predicted molar refractivity (Wildman–Crippen MR) is 54.2 cm³/mol. The highest BCUT2D eigenvalue weighted by Gasteiger charge is 2.35. The lowest BCUT2D eigenvalue weighted by atomic mass is 10.2. The van der Waals surface area contributed by atoms with E-state index in [-0.39, 0.29) is 12.1 Å². The lowest BCUT2D eigenvalue weighted by Gasteiger charge is -2.07. The molecule has 17 heavy (non-hydrogen) atoms. The van der Waals surface area contributed by atoms with Crippen molar-refractivity contribution in [1.82, 2.24) is 5.32 Å². The molecule has 0 aromatic heterocycles. The molecule has 0 bridgehead atoms. The van der Waals surface area contributed by atoms with Crippen LogP contribution in [-0.4, -0.2) is 37.1 Å². The number of hydrogen-bond donors (Lipinski definition) is 1. The summed E-state index contributed by atoms with van der Waals surface area (Å²) in [5, 5.41) is 13.3. The fourth-order valence-corrected chi connectivity index (χ4v) is 1.55. The number of esters is 2. The summed E-state index contributed by atoms with van der Waals surface area (Å²) in [6, 6.07) is -0.658. The van der Waals surface area contributed by atoms with E-state index in [1.807, 2.05) is 0 Å². The van der Waals surface area contributed by atoms with Crippen LogP contribution in [0.2, 0.25) is 0 Å². The molecule has 94 valence electrons. The molecule has 1 aliphatic heterocycles. The molecule has 0 aromatic carbocycles. The monoisotopic (exact) mass is 244 g/mol. The first kappa shape index (κ1) is 12.9. The van der Waals surface area contributed by atoms with Crippen LogP contribution in [0.3, 0.4) is 0 Å². The van der Waals surface area contributed by atoms with Crippen molar-refractivity contribution in [3.05, 3.63) is 21.5 Å². The summed E-state index contributed by atoms with van der Waals surface area (Å²) in [4.78, 5) is 32.3. The van der Waals surface area contributed by atoms with Gasteiger partial charge >= 0.3 is 17.6 Å². The first-order valence-electron chi connectivity index (χ1n) is 4.81. The van der Waals surface area contributed by atoms with Crippen LogP contribution in [-0.2, 0) is 19.1 Å². The van der Waals surface area contributed by atoms with Crippen molar-refractivity contribution >= 4 is 11.9 Å². The van der Waals surface area contributed by atoms with Crippen LogP contribution in [0.5, 0.6) is 0 Å². The Morgan fingerprint density at radius 2 is 2.06 bits per heavy atom. The summed E-state index contributed by atoms with van der Waals surface area (Å²) < 4.78 is 8.81. The molecule has 0 saturated carbocycles. The van der Waals surface area contributed by atoms with E-state index >= 15 is 0 Å². The topological polar surface area (TPSA) is 108 Å². The highest BCUT2D eigenvalue weighted by atomic mass is 16.6. The molecule has 0 radical (unpaired) electrons. The molecule has 1 heterocycles. The third-order valence-electron chi connectivity index (χ3n) is 2.36. The van der Waals surface area contributed by atoms with Crippen LogP contribution in [0.1, 0.15) is 12.8 Å². The average molecular weight is 244 g/mol. The zero-order valence-electron chi connectivity index (χ0n) is 9.39. The number of methoxy groups -OCH3 is 2. The van der Waals surface area contributed by atoms with E-state index in [4.69, 9.17) is 0 Å². The van der Waals surface area contributed by atoms with Gasteiger partial charge in [-0.25, -0.2) is 9.59 Å². The van der Waals surface area contributed by atoms with Gasteiger partial charge in [0.05, 0.1) is 24.8 Å². The summed E-state index contributed by atoms with van der Waals surface area (Å²) in [7, 11) is 2.28. The van der Waals surface area contributed by atoms with Gasteiger partial charge < -0.3 is 14.8 Å². The van der Waals surface area contributed by atoms with Crippen molar-refractivity contribution in [3.8, 4) is 0 Å². The quantitative estimate of drug-likeness (QED) is 0.310. The van der Waals surface area contributed by atoms with Gasteiger partial charge in [0.2, 0.25) is 0 Å². The van der Waals surface area contributed by atoms with Crippen LogP contribution >= 0.6 is 0 Å². The molecule has 0 aliphatic carbocycles. The molecule has 1 aliphatic rings. The average Bonchev–Trinajstić information content (AvgIpc) is 2.76. The Morgan fingerprint density at radius 1 is 1.41 bits per heavy atom. The maximum atomic E-state index is 11.2. The minimum atomic E-state index is -1.04. The Kier molecular flexibility index (Phi) is 4.02. The fraction of sp³-hybridized carbons (Fsp3) is 0.556. The number of carbonyl (C=O) groups is 2. The molecule has 1 saturated heterocycles. The van der Waals surface area contributed by atoms with Gasteiger partial charge in [-0.2, -0.15) is 0 Å². The molecule has 1 fully saturated rings. The van der Waals surface area contributed by atoms with Crippen molar-refractivity contribution in [1.29, 1.82) is 0 Å². The van der Waals surface area contributed by atoms with Gasteiger partial charge in [-0.3, -0.25) is 10.1 Å². The van der Waals surface area contributed by atoms with E-state index in [0.29, 0.717) is 6.42 Å². The van der Waals surface area contributed by atoms with Crippen LogP contribution in [0.25, 0.3) is 0 Å². The maximum Gasteiger partial charge on any atom is 0.411 e. The van der Waals surface area contributed by atoms with Crippen molar-refractivity contribution < 1.29 is 24.0 Å². The van der Waals surface area contributed by atoms with Gasteiger partial charge in [0, 0.05) is 0 Å². The highest BCUT2D eigenvalue weighted by molar-refractivity contribution is 5.87. The molecular formula is C9H12N2O6. The van der Waals surface area contributed by atoms with Gasteiger partial charge in [-0.1, -0.05) is 0 Å². The van der Waals surface area contributed by atoms with E-state index in [1.165, 1.54) is 7.11 Å². The predicted octanol–water partition coefficient (Wildman–Crippen LogP) is -0.427. The zero-order chi connectivity index (χ0) is 13.0. The summed E-state index contributed by atoms with van der Waals surface area (Å²) >= 11 is 0. The van der Waals surface area contributed by atoms with E-state index in [2.05, 4.69) is 14.8 Å². The smallest absolute Gasteiger partial charge is 0.411 e. The fourth-order valence-electron chi connectivity index (χ4n) is 1.55. The first-order chi connectivity index (χ1) is 8.01. The van der Waals surface area contributed by atoms with Crippen LogP contribution in [0.4, 0.5) is 0 Å². The molecule has 8 nitrogen and oxygen atoms in total. The minimum absolute atomic E-state index is 0.0947. The number of nitrogens with zero attached hydrogens (tertiary/aromatic N) is 1. The Labute approximate surface area is 96.7 Å². The van der Waals surface area contributed by atoms with Crippen LogP contribution in [0.15, 0.2) is 11.4 Å². The van der Waals surface area contributed by atoms with E-state index in [9.17, 15) is 19.7 Å². The maximum absolute atomic E-state index is 11.2. The Hall–Kier alpha value is -2.12. The van der Waals surface area contributed by atoms with Gasteiger partial charge in [0.1, 0.15) is 6.04 Å². The Morgan fingerprint density at radius 3 is 2.53 bits per heavy atom. The van der Waals surface area contributed by atoms with Crippen molar-refractivity contribution in [3.63, 3.8) is 0 Å².